The Morgan fingerprint density at radius 3 is 2.50 bits per heavy atom. The molecular weight excluding hydrogens is 448 g/mol. The van der Waals surface area contributed by atoms with E-state index in [9.17, 15) is 9.59 Å². The fourth-order valence-corrected chi connectivity index (χ4v) is 5.65. The van der Waals surface area contributed by atoms with Crippen LogP contribution in [0.4, 0.5) is 0 Å². The van der Waals surface area contributed by atoms with E-state index in [-0.39, 0.29) is 11.8 Å². The van der Waals surface area contributed by atoms with Gasteiger partial charge >= 0.3 is 0 Å². The van der Waals surface area contributed by atoms with Crippen molar-refractivity contribution < 1.29 is 14.3 Å². The Labute approximate surface area is 204 Å². The zero-order chi connectivity index (χ0) is 23.5. The average molecular weight is 481 g/mol. The van der Waals surface area contributed by atoms with Gasteiger partial charge < -0.3 is 19.5 Å². The highest BCUT2D eigenvalue weighted by molar-refractivity contribution is 7.13. The van der Waals surface area contributed by atoms with Crippen LogP contribution >= 0.6 is 11.3 Å². The molecular formula is C26H32N4O3S. The van der Waals surface area contributed by atoms with Crippen LogP contribution in [0, 0.1) is 6.92 Å². The summed E-state index contributed by atoms with van der Waals surface area (Å²) in [6.07, 6.45) is 1.21. The van der Waals surface area contributed by atoms with Crippen molar-refractivity contribution in [2.24, 2.45) is 0 Å². The zero-order valence-corrected chi connectivity index (χ0v) is 20.5. The third-order valence-corrected chi connectivity index (χ3v) is 7.75. The first kappa shape index (κ1) is 23.1. The summed E-state index contributed by atoms with van der Waals surface area (Å²) >= 11 is 1.72. The number of H-pyrrole nitrogens is 1. The highest BCUT2D eigenvalue weighted by atomic mass is 32.1. The monoisotopic (exact) mass is 480 g/mol. The minimum Gasteiger partial charge on any atom is -0.378 e. The van der Waals surface area contributed by atoms with E-state index in [1.54, 1.807) is 11.3 Å². The lowest BCUT2D eigenvalue weighted by Crippen LogP contribution is -2.52. The van der Waals surface area contributed by atoms with E-state index in [0.29, 0.717) is 58.8 Å². The number of rotatable bonds is 6. The van der Waals surface area contributed by atoms with Crippen molar-refractivity contribution in [3.05, 3.63) is 46.8 Å². The standard InChI is InChI=1S/C26H32N4O3S/c1-19-4-6-22-21(17-19)20(26(27-22)23-3-2-16-34-23)5-7-24(31)29-10-8-28(9-11-29)18-25(32)30-12-14-33-15-13-30/h2-4,6,16-17,27H,5,7-15,18H2,1H3. The number of aromatic amines is 1. The molecule has 4 heterocycles. The van der Waals surface area contributed by atoms with Crippen LogP contribution in [0.2, 0.25) is 0 Å². The van der Waals surface area contributed by atoms with Crippen molar-refractivity contribution >= 4 is 34.1 Å². The zero-order valence-electron chi connectivity index (χ0n) is 19.7. The Morgan fingerprint density at radius 1 is 1.00 bits per heavy atom. The van der Waals surface area contributed by atoms with Crippen molar-refractivity contribution in [3.63, 3.8) is 0 Å². The van der Waals surface area contributed by atoms with Gasteiger partial charge in [-0.25, -0.2) is 0 Å². The second kappa shape index (κ2) is 10.3. The van der Waals surface area contributed by atoms with Crippen LogP contribution < -0.4 is 0 Å². The first-order valence-electron chi connectivity index (χ1n) is 12.1. The molecule has 0 saturated carbocycles. The van der Waals surface area contributed by atoms with Crippen LogP contribution in [-0.2, 0) is 20.7 Å². The van der Waals surface area contributed by atoms with E-state index in [2.05, 4.69) is 52.5 Å². The molecule has 2 aromatic heterocycles. The second-order valence-corrected chi connectivity index (χ2v) is 10.1. The number of carbonyl (C=O) groups is 2. The maximum Gasteiger partial charge on any atom is 0.236 e. The number of fused-ring (bicyclic) bond motifs is 1. The van der Waals surface area contributed by atoms with Crippen LogP contribution in [0.1, 0.15) is 17.5 Å². The molecule has 1 N–H and O–H groups in total. The number of thiophene rings is 1. The number of piperazine rings is 1. The predicted molar refractivity (Wildman–Crippen MR) is 135 cm³/mol. The summed E-state index contributed by atoms with van der Waals surface area (Å²) in [5, 5.41) is 3.30. The number of benzene rings is 1. The SMILES string of the molecule is Cc1ccc2[nH]c(-c3cccs3)c(CCC(=O)N3CCN(CC(=O)N4CCOCC4)CC3)c2c1. The lowest BCUT2D eigenvalue weighted by atomic mass is 10.0. The molecule has 2 fully saturated rings. The largest absolute Gasteiger partial charge is 0.378 e. The van der Waals surface area contributed by atoms with Gasteiger partial charge in [-0.3, -0.25) is 14.5 Å². The van der Waals surface area contributed by atoms with Crippen molar-refractivity contribution in [2.75, 3.05) is 59.0 Å². The number of nitrogens with one attached hydrogen (secondary N) is 1. The van der Waals surface area contributed by atoms with E-state index in [0.717, 1.165) is 24.3 Å². The van der Waals surface area contributed by atoms with Crippen LogP contribution in [-0.4, -0.2) is 90.5 Å². The van der Waals surface area contributed by atoms with Gasteiger partial charge in [-0.15, -0.1) is 11.3 Å². The Balaban J connectivity index is 1.19. The molecule has 0 unspecified atom stereocenters. The van der Waals surface area contributed by atoms with Gasteiger partial charge in [0.1, 0.15) is 0 Å². The molecule has 8 heteroatoms. The molecule has 2 aliphatic rings. The fraction of sp³-hybridized carbons (Fsp3) is 0.462. The number of hydrogen-bond acceptors (Lipinski definition) is 5. The molecule has 0 bridgehead atoms. The number of morpholine rings is 1. The molecule has 3 aromatic rings. The predicted octanol–water partition coefficient (Wildman–Crippen LogP) is 3.14. The third-order valence-electron chi connectivity index (χ3n) is 6.87. The van der Waals surface area contributed by atoms with Gasteiger partial charge in [0.05, 0.1) is 30.3 Å². The highest BCUT2D eigenvalue weighted by Crippen LogP contribution is 2.34. The molecule has 34 heavy (non-hydrogen) atoms. The molecule has 2 amide bonds. The number of nitrogens with zero attached hydrogens (tertiary/aromatic N) is 3. The molecule has 7 nitrogen and oxygen atoms in total. The summed E-state index contributed by atoms with van der Waals surface area (Å²) in [5.41, 5.74) is 4.70. The van der Waals surface area contributed by atoms with Gasteiger partial charge in [-0.1, -0.05) is 17.7 Å². The minimum absolute atomic E-state index is 0.166. The number of carbonyl (C=O) groups excluding carboxylic acids is 2. The van der Waals surface area contributed by atoms with Crippen molar-refractivity contribution in [2.45, 2.75) is 19.8 Å². The molecule has 180 valence electrons. The van der Waals surface area contributed by atoms with Crippen molar-refractivity contribution in [3.8, 4) is 10.6 Å². The molecule has 0 aliphatic carbocycles. The van der Waals surface area contributed by atoms with Gasteiger partial charge in [-0.2, -0.15) is 0 Å². The Bertz CT molecular complexity index is 1140. The van der Waals surface area contributed by atoms with Gasteiger partial charge in [0.2, 0.25) is 11.8 Å². The van der Waals surface area contributed by atoms with E-state index >= 15 is 0 Å². The van der Waals surface area contributed by atoms with E-state index in [1.165, 1.54) is 21.4 Å². The fourth-order valence-electron chi connectivity index (χ4n) is 4.90. The summed E-state index contributed by atoms with van der Waals surface area (Å²) in [6.45, 7) is 7.99. The number of amides is 2. The number of hydrogen-bond donors (Lipinski definition) is 1. The normalized spacial score (nSPS) is 17.4. The van der Waals surface area contributed by atoms with Gasteiger partial charge in [0.25, 0.3) is 0 Å². The molecule has 2 saturated heterocycles. The molecule has 1 aromatic carbocycles. The summed E-state index contributed by atoms with van der Waals surface area (Å²) < 4.78 is 5.33. The molecule has 2 aliphatic heterocycles. The molecule has 0 atom stereocenters. The van der Waals surface area contributed by atoms with Gasteiger partial charge in [-0.05, 0) is 42.5 Å². The van der Waals surface area contributed by atoms with Crippen molar-refractivity contribution in [1.82, 2.24) is 19.7 Å². The molecule has 5 rings (SSSR count). The number of aryl methyl sites for hydroxylation is 2. The highest BCUT2D eigenvalue weighted by Gasteiger charge is 2.25. The minimum atomic E-state index is 0.166. The quantitative estimate of drug-likeness (QED) is 0.589. The molecule has 0 spiro atoms. The Hall–Kier alpha value is -2.68. The first-order valence-corrected chi connectivity index (χ1v) is 13.0. The maximum atomic E-state index is 13.1. The van der Waals surface area contributed by atoms with E-state index < -0.39 is 0 Å². The van der Waals surface area contributed by atoms with Crippen molar-refractivity contribution in [1.29, 1.82) is 0 Å². The Kier molecular flexibility index (Phi) is 6.99. The van der Waals surface area contributed by atoms with E-state index in [4.69, 9.17) is 4.74 Å². The maximum absolute atomic E-state index is 13.1. The average Bonchev–Trinajstić information content (AvgIpc) is 3.51. The Morgan fingerprint density at radius 2 is 1.76 bits per heavy atom. The second-order valence-electron chi connectivity index (χ2n) is 9.15. The lowest BCUT2D eigenvalue weighted by molar-refractivity contribution is -0.137. The molecule has 0 radical (unpaired) electrons. The topological polar surface area (TPSA) is 68.9 Å². The third kappa shape index (κ3) is 5.04. The summed E-state index contributed by atoms with van der Waals surface area (Å²) in [5.74, 6) is 0.358. The van der Waals surface area contributed by atoms with Crippen LogP contribution in [0.15, 0.2) is 35.7 Å². The van der Waals surface area contributed by atoms with Crippen LogP contribution in [0.25, 0.3) is 21.5 Å². The van der Waals surface area contributed by atoms with Gasteiger partial charge in [0, 0.05) is 56.6 Å². The van der Waals surface area contributed by atoms with Crippen LogP contribution in [0.5, 0.6) is 0 Å². The number of aromatic nitrogens is 1. The van der Waals surface area contributed by atoms with Gasteiger partial charge in [0.15, 0.2) is 0 Å². The first-order chi connectivity index (χ1) is 16.6. The number of ether oxygens (including phenoxy) is 1. The van der Waals surface area contributed by atoms with Crippen LogP contribution in [0.3, 0.4) is 0 Å². The summed E-state index contributed by atoms with van der Waals surface area (Å²) in [6, 6.07) is 10.7. The summed E-state index contributed by atoms with van der Waals surface area (Å²) in [4.78, 5) is 36.4. The smallest absolute Gasteiger partial charge is 0.236 e. The lowest BCUT2D eigenvalue weighted by Gasteiger charge is -2.36. The summed E-state index contributed by atoms with van der Waals surface area (Å²) in [7, 11) is 0. The van der Waals surface area contributed by atoms with E-state index in [1.807, 2.05) is 9.80 Å².